The van der Waals surface area contributed by atoms with Crippen LogP contribution in [-0.4, -0.2) is 7.11 Å². The first-order chi connectivity index (χ1) is 8.72. The molecule has 0 aromatic heterocycles. The molecule has 3 heteroatoms. The highest BCUT2D eigenvalue weighted by molar-refractivity contribution is 5.70. The molecule has 2 rings (SSSR count). The highest BCUT2D eigenvalue weighted by Crippen LogP contribution is 2.25. The van der Waals surface area contributed by atoms with Gasteiger partial charge in [0.25, 0.3) is 0 Å². The smallest absolute Gasteiger partial charge is 0.123 e. The fourth-order valence-corrected chi connectivity index (χ4v) is 1.96. The zero-order valence-corrected chi connectivity index (χ0v) is 10.7. The molecule has 0 atom stereocenters. The highest BCUT2D eigenvalue weighted by Gasteiger charge is 2.05. The van der Waals surface area contributed by atoms with Gasteiger partial charge < -0.3 is 15.8 Å². The molecule has 0 saturated carbocycles. The summed E-state index contributed by atoms with van der Waals surface area (Å²) in [6, 6.07) is 13.9. The van der Waals surface area contributed by atoms with Gasteiger partial charge in [-0.05, 0) is 24.6 Å². The fraction of sp³-hybridized carbons (Fsp3) is 0.200. The van der Waals surface area contributed by atoms with E-state index in [4.69, 9.17) is 10.5 Å². The van der Waals surface area contributed by atoms with Gasteiger partial charge in [0.15, 0.2) is 0 Å². The van der Waals surface area contributed by atoms with Gasteiger partial charge >= 0.3 is 0 Å². The molecule has 0 aliphatic heterocycles. The van der Waals surface area contributed by atoms with Crippen LogP contribution in [0.25, 0.3) is 0 Å². The first kappa shape index (κ1) is 12.3. The number of nitrogens with two attached hydrogens (primary N) is 1. The summed E-state index contributed by atoms with van der Waals surface area (Å²) in [7, 11) is 1.68. The number of rotatable bonds is 4. The minimum absolute atomic E-state index is 0.694. The van der Waals surface area contributed by atoms with E-state index in [2.05, 4.69) is 5.32 Å². The number of para-hydroxylation sites is 2. The van der Waals surface area contributed by atoms with Crippen LogP contribution in [0.15, 0.2) is 42.5 Å². The van der Waals surface area contributed by atoms with E-state index in [1.54, 1.807) is 7.11 Å². The predicted octanol–water partition coefficient (Wildman–Crippen LogP) is 3.20. The summed E-state index contributed by atoms with van der Waals surface area (Å²) in [5, 5.41) is 3.37. The molecular formula is C15H18N2O. The van der Waals surface area contributed by atoms with Crippen molar-refractivity contribution in [3.8, 4) is 5.75 Å². The third-order valence-corrected chi connectivity index (χ3v) is 2.95. The predicted molar refractivity (Wildman–Crippen MR) is 75.9 cm³/mol. The van der Waals surface area contributed by atoms with E-state index in [9.17, 15) is 0 Å². The molecule has 2 aromatic carbocycles. The number of benzene rings is 2. The van der Waals surface area contributed by atoms with Crippen molar-refractivity contribution in [1.29, 1.82) is 0 Å². The maximum absolute atomic E-state index is 5.96. The Bertz CT molecular complexity index is 518. The molecule has 94 valence electrons. The van der Waals surface area contributed by atoms with Crippen LogP contribution in [0.2, 0.25) is 0 Å². The van der Waals surface area contributed by atoms with Crippen molar-refractivity contribution in [3.63, 3.8) is 0 Å². The number of anilines is 2. The normalized spacial score (nSPS) is 10.1. The average Bonchev–Trinajstić information content (AvgIpc) is 2.38. The van der Waals surface area contributed by atoms with Crippen molar-refractivity contribution in [1.82, 2.24) is 0 Å². The number of nitrogens with one attached hydrogen (secondary N) is 1. The van der Waals surface area contributed by atoms with E-state index < -0.39 is 0 Å². The van der Waals surface area contributed by atoms with E-state index in [0.717, 1.165) is 28.3 Å². The molecule has 0 amide bonds. The zero-order chi connectivity index (χ0) is 13.0. The maximum atomic E-state index is 5.96. The average molecular weight is 242 g/mol. The largest absolute Gasteiger partial charge is 0.496 e. The standard InChI is InChI=1S/C15H18N2O/c1-11-6-5-8-13(16)15(11)17-10-12-7-3-4-9-14(12)18-2/h3-9,17H,10,16H2,1-2H3. The Morgan fingerprint density at radius 1 is 1.11 bits per heavy atom. The van der Waals surface area contributed by atoms with E-state index in [0.29, 0.717) is 6.54 Å². The van der Waals surface area contributed by atoms with Gasteiger partial charge in [-0.2, -0.15) is 0 Å². The lowest BCUT2D eigenvalue weighted by Gasteiger charge is -2.14. The Kier molecular flexibility index (Phi) is 3.72. The SMILES string of the molecule is COc1ccccc1CNc1c(C)cccc1N. The van der Waals surface area contributed by atoms with Gasteiger partial charge in [0.2, 0.25) is 0 Å². The van der Waals surface area contributed by atoms with Crippen LogP contribution in [0.1, 0.15) is 11.1 Å². The summed E-state index contributed by atoms with van der Waals surface area (Å²) >= 11 is 0. The van der Waals surface area contributed by atoms with E-state index in [-0.39, 0.29) is 0 Å². The number of hydrogen-bond acceptors (Lipinski definition) is 3. The lowest BCUT2D eigenvalue weighted by atomic mass is 10.1. The Hall–Kier alpha value is -2.16. The van der Waals surface area contributed by atoms with Crippen LogP contribution >= 0.6 is 0 Å². The molecule has 2 aromatic rings. The topological polar surface area (TPSA) is 47.3 Å². The Labute approximate surface area is 108 Å². The van der Waals surface area contributed by atoms with E-state index >= 15 is 0 Å². The third-order valence-electron chi connectivity index (χ3n) is 2.95. The molecular weight excluding hydrogens is 224 g/mol. The molecule has 0 aliphatic carbocycles. The van der Waals surface area contributed by atoms with Crippen LogP contribution in [0, 0.1) is 6.92 Å². The van der Waals surface area contributed by atoms with Gasteiger partial charge in [-0.3, -0.25) is 0 Å². The van der Waals surface area contributed by atoms with E-state index in [1.807, 2.05) is 49.4 Å². The molecule has 0 spiro atoms. The van der Waals surface area contributed by atoms with Crippen LogP contribution in [-0.2, 0) is 6.54 Å². The van der Waals surface area contributed by atoms with E-state index in [1.165, 1.54) is 0 Å². The van der Waals surface area contributed by atoms with Gasteiger partial charge in [0, 0.05) is 12.1 Å². The summed E-state index contributed by atoms with van der Waals surface area (Å²) in [5.74, 6) is 0.886. The van der Waals surface area contributed by atoms with Crippen molar-refractivity contribution in [2.75, 3.05) is 18.2 Å². The summed E-state index contributed by atoms with van der Waals surface area (Å²) in [5.41, 5.74) is 9.98. The molecule has 0 heterocycles. The summed E-state index contributed by atoms with van der Waals surface area (Å²) in [6.45, 7) is 2.74. The second-order valence-corrected chi connectivity index (χ2v) is 4.20. The lowest BCUT2D eigenvalue weighted by Crippen LogP contribution is -2.05. The molecule has 0 unspecified atom stereocenters. The number of ether oxygens (including phenoxy) is 1. The van der Waals surface area contributed by atoms with Gasteiger partial charge in [-0.1, -0.05) is 30.3 Å². The van der Waals surface area contributed by atoms with Gasteiger partial charge in [-0.25, -0.2) is 0 Å². The number of nitrogen functional groups attached to an aromatic ring is 1. The monoisotopic (exact) mass is 242 g/mol. The molecule has 0 bridgehead atoms. The van der Waals surface area contributed by atoms with Crippen molar-refractivity contribution >= 4 is 11.4 Å². The second-order valence-electron chi connectivity index (χ2n) is 4.20. The van der Waals surface area contributed by atoms with Crippen LogP contribution in [0.4, 0.5) is 11.4 Å². The molecule has 0 aliphatic rings. The minimum atomic E-state index is 0.694. The van der Waals surface area contributed by atoms with Crippen molar-refractivity contribution in [3.05, 3.63) is 53.6 Å². The number of aryl methyl sites for hydroxylation is 1. The van der Waals surface area contributed by atoms with Gasteiger partial charge in [-0.15, -0.1) is 0 Å². The minimum Gasteiger partial charge on any atom is -0.496 e. The molecule has 0 saturated heterocycles. The lowest BCUT2D eigenvalue weighted by molar-refractivity contribution is 0.410. The number of methoxy groups -OCH3 is 1. The molecule has 0 fully saturated rings. The second kappa shape index (κ2) is 5.45. The summed E-state index contributed by atoms with van der Waals surface area (Å²) in [6.07, 6.45) is 0. The maximum Gasteiger partial charge on any atom is 0.123 e. The van der Waals surface area contributed by atoms with Crippen molar-refractivity contribution < 1.29 is 4.74 Å². The Morgan fingerprint density at radius 2 is 1.89 bits per heavy atom. The first-order valence-corrected chi connectivity index (χ1v) is 5.93. The molecule has 0 radical (unpaired) electrons. The zero-order valence-electron chi connectivity index (χ0n) is 10.7. The van der Waals surface area contributed by atoms with Crippen LogP contribution in [0.3, 0.4) is 0 Å². The summed E-state index contributed by atoms with van der Waals surface area (Å²) in [4.78, 5) is 0. The first-order valence-electron chi connectivity index (χ1n) is 5.93. The molecule has 18 heavy (non-hydrogen) atoms. The molecule has 3 N–H and O–H groups in total. The van der Waals surface area contributed by atoms with Crippen molar-refractivity contribution in [2.24, 2.45) is 0 Å². The summed E-state index contributed by atoms with van der Waals surface area (Å²) < 4.78 is 5.32. The Balaban J connectivity index is 2.16. The van der Waals surface area contributed by atoms with Crippen LogP contribution in [0.5, 0.6) is 5.75 Å². The molecule has 3 nitrogen and oxygen atoms in total. The fourth-order valence-electron chi connectivity index (χ4n) is 1.96. The Morgan fingerprint density at radius 3 is 2.61 bits per heavy atom. The quantitative estimate of drug-likeness (QED) is 0.809. The van der Waals surface area contributed by atoms with Gasteiger partial charge in [0.1, 0.15) is 5.75 Å². The van der Waals surface area contributed by atoms with Crippen LogP contribution < -0.4 is 15.8 Å². The third kappa shape index (κ3) is 2.56. The number of hydrogen-bond donors (Lipinski definition) is 2. The highest BCUT2D eigenvalue weighted by atomic mass is 16.5. The van der Waals surface area contributed by atoms with Crippen molar-refractivity contribution in [2.45, 2.75) is 13.5 Å². The van der Waals surface area contributed by atoms with Gasteiger partial charge in [0.05, 0.1) is 18.5 Å².